The Kier molecular flexibility index (Phi) is 10.9. The highest BCUT2D eigenvalue weighted by Crippen LogP contribution is 2.23. The van der Waals surface area contributed by atoms with Gasteiger partial charge in [-0.3, -0.25) is 0 Å². The van der Waals surface area contributed by atoms with E-state index in [1.54, 1.807) is 6.07 Å². The highest BCUT2D eigenvalue weighted by atomic mass is 32.2. The van der Waals surface area contributed by atoms with Crippen LogP contribution in [0.3, 0.4) is 0 Å². The zero-order valence-corrected chi connectivity index (χ0v) is 15.6. The molecule has 23 heavy (non-hydrogen) atoms. The normalized spacial score (nSPS) is 10.9. The molecule has 0 aliphatic heterocycles. The van der Waals surface area contributed by atoms with E-state index in [9.17, 15) is 4.79 Å². The van der Waals surface area contributed by atoms with Crippen molar-refractivity contribution >= 4 is 17.7 Å². The Hall–Kier alpha value is -0.960. The van der Waals surface area contributed by atoms with Crippen LogP contribution in [0.1, 0.15) is 87.1 Å². The highest BCUT2D eigenvalue weighted by molar-refractivity contribution is 7.99. The lowest BCUT2D eigenvalue weighted by Crippen LogP contribution is -1.99. The van der Waals surface area contributed by atoms with Gasteiger partial charge in [-0.25, -0.2) is 4.79 Å². The molecule has 0 unspecified atom stereocenters. The molecule has 0 radical (unpaired) electrons. The number of hydrogen-bond donors (Lipinski definition) is 1. The van der Waals surface area contributed by atoms with Gasteiger partial charge in [0.05, 0.1) is 5.56 Å². The van der Waals surface area contributed by atoms with Crippen LogP contribution in [0.15, 0.2) is 23.1 Å². The lowest BCUT2D eigenvalue weighted by atomic mass is 10.1. The van der Waals surface area contributed by atoms with Gasteiger partial charge in [0.2, 0.25) is 0 Å². The van der Waals surface area contributed by atoms with Crippen LogP contribution in [0.25, 0.3) is 0 Å². The van der Waals surface area contributed by atoms with Crippen LogP contribution in [0.5, 0.6) is 0 Å². The summed E-state index contributed by atoms with van der Waals surface area (Å²) in [5, 5.41) is 9.03. The maximum absolute atomic E-state index is 11.0. The summed E-state index contributed by atoms with van der Waals surface area (Å²) in [5.74, 6) is 0.288. The van der Waals surface area contributed by atoms with Gasteiger partial charge in [0.25, 0.3) is 0 Å². The smallest absolute Gasteiger partial charge is 0.335 e. The maximum Gasteiger partial charge on any atom is 0.335 e. The molecule has 0 aliphatic carbocycles. The molecule has 0 saturated carbocycles. The van der Waals surface area contributed by atoms with Crippen molar-refractivity contribution in [1.29, 1.82) is 0 Å². The summed E-state index contributed by atoms with van der Waals surface area (Å²) < 4.78 is 0. The molecule has 1 aromatic rings. The third kappa shape index (κ3) is 9.04. The number of thioether (sulfide) groups is 1. The molecule has 0 fully saturated rings. The quantitative estimate of drug-likeness (QED) is 0.321. The minimum atomic E-state index is -0.839. The summed E-state index contributed by atoms with van der Waals surface area (Å²) in [4.78, 5) is 12.2. The Morgan fingerprint density at radius 1 is 0.957 bits per heavy atom. The lowest BCUT2D eigenvalue weighted by Gasteiger charge is -2.06. The van der Waals surface area contributed by atoms with Gasteiger partial charge in [-0.2, -0.15) is 0 Å². The standard InChI is InChI=1S/C20H32O2S/c1-3-4-5-6-7-8-9-10-11-12-15-23-18-13-14-19(20(21)22)17(2)16-18/h13-14,16H,3-12,15H2,1-2H3,(H,21,22). The zero-order chi connectivity index (χ0) is 16.9. The number of rotatable bonds is 13. The molecule has 0 heterocycles. The first-order valence-electron chi connectivity index (χ1n) is 9.12. The maximum atomic E-state index is 11.0. The number of aryl methyl sites for hydroxylation is 1. The summed E-state index contributed by atoms with van der Waals surface area (Å²) in [6.07, 6.45) is 13.6. The molecule has 3 heteroatoms. The molecular formula is C20H32O2S. The second kappa shape index (κ2) is 12.5. The molecule has 0 aromatic heterocycles. The van der Waals surface area contributed by atoms with Crippen molar-refractivity contribution in [2.24, 2.45) is 0 Å². The molecule has 0 amide bonds. The third-order valence-electron chi connectivity index (χ3n) is 4.19. The van der Waals surface area contributed by atoms with Crippen LogP contribution in [-0.4, -0.2) is 16.8 Å². The highest BCUT2D eigenvalue weighted by Gasteiger charge is 2.07. The van der Waals surface area contributed by atoms with Gasteiger partial charge in [0.1, 0.15) is 0 Å². The molecule has 2 nitrogen and oxygen atoms in total. The van der Waals surface area contributed by atoms with Crippen molar-refractivity contribution in [2.75, 3.05) is 5.75 Å². The minimum absolute atomic E-state index is 0.410. The van der Waals surface area contributed by atoms with Crippen LogP contribution >= 0.6 is 11.8 Å². The van der Waals surface area contributed by atoms with E-state index in [0.29, 0.717) is 5.56 Å². The Morgan fingerprint density at radius 3 is 2.04 bits per heavy atom. The van der Waals surface area contributed by atoms with Gasteiger partial charge in [0.15, 0.2) is 0 Å². The van der Waals surface area contributed by atoms with Crippen molar-refractivity contribution in [1.82, 2.24) is 0 Å². The van der Waals surface area contributed by atoms with Crippen molar-refractivity contribution in [3.05, 3.63) is 29.3 Å². The summed E-state index contributed by atoms with van der Waals surface area (Å²) in [5.41, 5.74) is 1.26. The van der Waals surface area contributed by atoms with Gasteiger partial charge in [-0.05, 0) is 42.9 Å². The number of carbonyl (C=O) groups is 1. The molecule has 1 rings (SSSR count). The number of unbranched alkanes of at least 4 members (excludes halogenated alkanes) is 9. The van der Waals surface area contributed by atoms with Crippen molar-refractivity contribution in [3.63, 3.8) is 0 Å². The molecule has 0 atom stereocenters. The molecule has 0 bridgehead atoms. The first-order valence-corrected chi connectivity index (χ1v) is 10.1. The Morgan fingerprint density at radius 2 is 1.52 bits per heavy atom. The fourth-order valence-electron chi connectivity index (χ4n) is 2.75. The van der Waals surface area contributed by atoms with Gasteiger partial charge in [-0.15, -0.1) is 11.8 Å². The summed E-state index contributed by atoms with van der Waals surface area (Å²) in [6.45, 7) is 4.13. The topological polar surface area (TPSA) is 37.3 Å². The number of carboxylic acids is 1. The fourth-order valence-corrected chi connectivity index (χ4v) is 3.75. The van der Waals surface area contributed by atoms with Crippen LogP contribution in [0.2, 0.25) is 0 Å². The summed E-state index contributed by atoms with van der Waals surface area (Å²) in [6, 6.07) is 5.64. The van der Waals surface area contributed by atoms with Crippen molar-refractivity contribution < 1.29 is 9.90 Å². The van der Waals surface area contributed by atoms with E-state index >= 15 is 0 Å². The van der Waals surface area contributed by atoms with Crippen LogP contribution in [0, 0.1) is 6.92 Å². The van der Waals surface area contributed by atoms with E-state index in [1.807, 2.05) is 30.8 Å². The van der Waals surface area contributed by atoms with Gasteiger partial charge >= 0.3 is 5.97 Å². The SMILES string of the molecule is CCCCCCCCCCCCSc1ccc(C(=O)O)c(C)c1. The third-order valence-corrected chi connectivity index (χ3v) is 5.27. The van der Waals surface area contributed by atoms with E-state index in [1.165, 1.54) is 69.1 Å². The number of aromatic carboxylic acids is 1. The van der Waals surface area contributed by atoms with E-state index in [-0.39, 0.29) is 0 Å². The number of benzene rings is 1. The second-order valence-electron chi connectivity index (χ2n) is 6.31. The largest absolute Gasteiger partial charge is 0.478 e. The molecule has 1 N–H and O–H groups in total. The van der Waals surface area contributed by atoms with Gasteiger partial charge in [0, 0.05) is 4.90 Å². The number of hydrogen-bond acceptors (Lipinski definition) is 2. The van der Waals surface area contributed by atoms with Crippen LogP contribution in [-0.2, 0) is 0 Å². The lowest BCUT2D eigenvalue weighted by molar-refractivity contribution is 0.0696. The van der Waals surface area contributed by atoms with Crippen molar-refractivity contribution in [2.45, 2.75) is 83.0 Å². The second-order valence-corrected chi connectivity index (χ2v) is 7.48. The fraction of sp³-hybridized carbons (Fsp3) is 0.650. The van der Waals surface area contributed by atoms with Gasteiger partial charge < -0.3 is 5.11 Å². The molecule has 130 valence electrons. The van der Waals surface area contributed by atoms with E-state index in [0.717, 1.165) is 11.3 Å². The first-order chi connectivity index (χ1) is 11.1. The predicted octanol–water partition coefficient (Wildman–Crippen LogP) is 6.71. The monoisotopic (exact) mass is 336 g/mol. The molecule has 0 saturated heterocycles. The average Bonchev–Trinajstić information content (AvgIpc) is 2.52. The molecule has 0 aliphatic rings. The van der Waals surface area contributed by atoms with E-state index < -0.39 is 5.97 Å². The summed E-state index contributed by atoms with van der Waals surface area (Å²) >= 11 is 1.84. The molecular weight excluding hydrogens is 304 g/mol. The number of carboxylic acid groups (broad SMARTS) is 1. The van der Waals surface area contributed by atoms with E-state index in [2.05, 4.69) is 6.92 Å². The average molecular weight is 337 g/mol. The van der Waals surface area contributed by atoms with Gasteiger partial charge in [-0.1, -0.05) is 64.7 Å². The minimum Gasteiger partial charge on any atom is -0.478 e. The van der Waals surface area contributed by atoms with E-state index in [4.69, 9.17) is 5.11 Å². The van der Waals surface area contributed by atoms with Crippen LogP contribution < -0.4 is 0 Å². The molecule has 0 spiro atoms. The predicted molar refractivity (Wildman–Crippen MR) is 101 cm³/mol. The Bertz CT molecular complexity index is 457. The first kappa shape index (κ1) is 20.1. The molecule has 1 aromatic carbocycles. The zero-order valence-electron chi connectivity index (χ0n) is 14.8. The Balaban J connectivity index is 2.03. The Labute approximate surface area is 146 Å². The van der Waals surface area contributed by atoms with Crippen LogP contribution in [0.4, 0.5) is 0 Å². The van der Waals surface area contributed by atoms with Crippen molar-refractivity contribution in [3.8, 4) is 0 Å². The summed E-state index contributed by atoms with van der Waals surface area (Å²) in [7, 11) is 0.